The van der Waals surface area contributed by atoms with Crippen LogP contribution in [0.3, 0.4) is 0 Å². The van der Waals surface area contributed by atoms with Crippen LogP contribution in [0, 0.1) is 23.4 Å². The minimum absolute atomic E-state index is 0.00144. The molecule has 0 radical (unpaired) electrons. The van der Waals surface area contributed by atoms with Crippen LogP contribution in [0.15, 0.2) is 22.0 Å². The Morgan fingerprint density at radius 2 is 1.85 bits per heavy atom. The Morgan fingerprint density at radius 1 is 1.12 bits per heavy atom. The molecule has 3 heterocycles. The van der Waals surface area contributed by atoms with Crippen LogP contribution >= 0.6 is 11.3 Å². The predicted octanol–water partition coefficient (Wildman–Crippen LogP) is 3.82. The van der Waals surface area contributed by atoms with Crippen LogP contribution in [-0.4, -0.2) is 28.2 Å². The van der Waals surface area contributed by atoms with E-state index in [0.717, 1.165) is 49.5 Å². The van der Waals surface area contributed by atoms with Crippen molar-refractivity contribution < 1.29 is 17.7 Å². The second-order valence-corrected chi connectivity index (χ2v) is 7.14. The zero-order chi connectivity index (χ0) is 18.1. The number of rotatable bonds is 4. The number of hydrogen-bond acceptors (Lipinski definition) is 6. The highest BCUT2D eigenvalue weighted by Crippen LogP contribution is 2.27. The Kier molecular flexibility index (Phi) is 4.73. The van der Waals surface area contributed by atoms with E-state index >= 15 is 0 Å². The van der Waals surface area contributed by atoms with Crippen LogP contribution in [0.5, 0.6) is 0 Å². The standard InChI is InChI=1S/C17H15F3N4OS/c18-11-6-10(7-12(19)15(11)20)16-23-17(25-24-16)13-8-26-14(22-13)5-9-1-3-21-4-2-9/h6-9,21H,1-5H2. The zero-order valence-electron chi connectivity index (χ0n) is 13.6. The molecular formula is C17H15F3N4OS. The molecule has 1 aromatic carbocycles. The van der Waals surface area contributed by atoms with E-state index in [9.17, 15) is 13.2 Å². The van der Waals surface area contributed by atoms with Gasteiger partial charge in [0.2, 0.25) is 5.82 Å². The van der Waals surface area contributed by atoms with E-state index in [2.05, 4.69) is 20.4 Å². The zero-order valence-corrected chi connectivity index (χ0v) is 14.5. The highest BCUT2D eigenvalue weighted by atomic mass is 32.1. The molecule has 0 spiro atoms. The quantitative estimate of drug-likeness (QED) is 0.697. The lowest BCUT2D eigenvalue weighted by atomic mass is 9.95. The third-order valence-electron chi connectivity index (χ3n) is 4.36. The van der Waals surface area contributed by atoms with Crippen molar-refractivity contribution in [1.29, 1.82) is 0 Å². The fourth-order valence-electron chi connectivity index (χ4n) is 2.97. The molecule has 0 bridgehead atoms. The van der Waals surface area contributed by atoms with Crippen molar-refractivity contribution in [3.63, 3.8) is 0 Å². The van der Waals surface area contributed by atoms with Crippen LogP contribution in [0.2, 0.25) is 0 Å². The smallest absolute Gasteiger partial charge is 0.277 e. The largest absolute Gasteiger partial charge is 0.332 e. The van der Waals surface area contributed by atoms with Crippen LogP contribution in [0.1, 0.15) is 17.8 Å². The molecule has 1 aliphatic rings. The first-order chi connectivity index (χ1) is 12.6. The van der Waals surface area contributed by atoms with Gasteiger partial charge in [0.15, 0.2) is 17.5 Å². The third kappa shape index (κ3) is 3.49. The van der Waals surface area contributed by atoms with Gasteiger partial charge in [-0.05, 0) is 44.0 Å². The monoisotopic (exact) mass is 380 g/mol. The SMILES string of the molecule is Fc1cc(-c2noc(-c3csc(CC4CCNCC4)n3)n2)cc(F)c1F. The number of aromatic nitrogens is 3. The molecule has 3 aromatic rings. The van der Waals surface area contributed by atoms with Crippen molar-refractivity contribution in [2.45, 2.75) is 19.3 Å². The number of benzene rings is 1. The summed E-state index contributed by atoms with van der Waals surface area (Å²) >= 11 is 1.52. The minimum atomic E-state index is -1.53. The fraction of sp³-hybridized carbons (Fsp3) is 0.353. The van der Waals surface area contributed by atoms with Crippen LogP contribution in [0.4, 0.5) is 13.2 Å². The van der Waals surface area contributed by atoms with E-state index in [1.165, 1.54) is 11.3 Å². The van der Waals surface area contributed by atoms with Gasteiger partial charge in [-0.25, -0.2) is 18.2 Å². The maximum atomic E-state index is 13.4. The number of halogens is 3. The Labute approximate surface area is 151 Å². The molecule has 1 N–H and O–H groups in total. The Bertz CT molecular complexity index is 897. The molecular weight excluding hydrogens is 365 g/mol. The van der Waals surface area contributed by atoms with Crippen molar-refractivity contribution >= 4 is 11.3 Å². The van der Waals surface area contributed by atoms with Gasteiger partial charge in [0.1, 0.15) is 5.69 Å². The first kappa shape index (κ1) is 17.2. The summed E-state index contributed by atoms with van der Waals surface area (Å²) in [5.74, 6) is -3.38. The van der Waals surface area contributed by atoms with Gasteiger partial charge in [0.25, 0.3) is 5.89 Å². The summed E-state index contributed by atoms with van der Waals surface area (Å²) in [4.78, 5) is 8.65. The molecule has 136 valence electrons. The molecule has 26 heavy (non-hydrogen) atoms. The van der Waals surface area contributed by atoms with E-state index in [-0.39, 0.29) is 17.3 Å². The molecule has 9 heteroatoms. The second-order valence-electron chi connectivity index (χ2n) is 6.20. The molecule has 1 saturated heterocycles. The maximum Gasteiger partial charge on any atom is 0.277 e. The Morgan fingerprint density at radius 3 is 2.58 bits per heavy atom. The van der Waals surface area contributed by atoms with Crippen molar-refractivity contribution in [2.24, 2.45) is 5.92 Å². The molecule has 0 saturated carbocycles. The van der Waals surface area contributed by atoms with E-state index in [1.54, 1.807) is 0 Å². The Balaban J connectivity index is 1.53. The van der Waals surface area contributed by atoms with Gasteiger partial charge in [0.05, 0.1) is 5.01 Å². The molecule has 4 rings (SSSR count). The average Bonchev–Trinajstić information content (AvgIpc) is 3.29. The molecule has 2 aromatic heterocycles. The molecule has 1 fully saturated rings. The van der Waals surface area contributed by atoms with E-state index in [4.69, 9.17) is 4.52 Å². The molecule has 0 aliphatic carbocycles. The van der Waals surface area contributed by atoms with Crippen LogP contribution in [-0.2, 0) is 6.42 Å². The lowest BCUT2D eigenvalue weighted by molar-refractivity contribution is 0.372. The van der Waals surface area contributed by atoms with Crippen molar-refractivity contribution in [3.8, 4) is 23.0 Å². The lowest BCUT2D eigenvalue weighted by Gasteiger charge is -2.21. The molecule has 0 atom stereocenters. The number of piperidine rings is 1. The number of hydrogen-bond donors (Lipinski definition) is 1. The van der Waals surface area contributed by atoms with Gasteiger partial charge in [-0.2, -0.15) is 4.98 Å². The van der Waals surface area contributed by atoms with Gasteiger partial charge in [0, 0.05) is 17.4 Å². The molecule has 1 aliphatic heterocycles. The summed E-state index contributed by atoms with van der Waals surface area (Å²) in [5.41, 5.74) is 0.530. The van der Waals surface area contributed by atoms with Crippen molar-refractivity contribution in [2.75, 3.05) is 13.1 Å². The predicted molar refractivity (Wildman–Crippen MR) is 90.0 cm³/mol. The van der Waals surface area contributed by atoms with Gasteiger partial charge in [-0.15, -0.1) is 11.3 Å². The average molecular weight is 380 g/mol. The highest BCUT2D eigenvalue weighted by Gasteiger charge is 2.19. The Hall–Kier alpha value is -2.26. The normalized spacial score (nSPS) is 15.5. The number of thiazole rings is 1. The maximum absolute atomic E-state index is 13.4. The number of nitrogens with one attached hydrogen (secondary N) is 1. The summed E-state index contributed by atoms with van der Waals surface area (Å²) in [5, 5.41) is 9.86. The second kappa shape index (κ2) is 7.16. The summed E-state index contributed by atoms with van der Waals surface area (Å²) in [6.07, 6.45) is 3.16. The van der Waals surface area contributed by atoms with Gasteiger partial charge in [-0.1, -0.05) is 5.16 Å². The van der Waals surface area contributed by atoms with Crippen LogP contribution in [0.25, 0.3) is 23.0 Å². The van der Waals surface area contributed by atoms with Gasteiger partial charge in [-0.3, -0.25) is 0 Å². The first-order valence-corrected chi connectivity index (χ1v) is 9.12. The van der Waals surface area contributed by atoms with E-state index < -0.39 is 17.5 Å². The third-order valence-corrected chi connectivity index (χ3v) is 5.23. The number of nitrogens with zero attached hydrogens (tertiary/aromatic N) is 3. The summed E-state index contributed by atoms with van der Waals surface area (Å²) in [6, 6.07) is 1.66. The first-order valence-electron chi connectivity index (χ1n) is 8.24. The molecule has 0 amide bonds. The van der Waals surface area contributed by atoms with Crippen molar-refractivity contribution in [3.05, 3.63) is 40.0 Å². The van der Waals surface area contributed by atoms with E-state index in [1.807, 2.05) is 5.38 Å². The van der Waals surface area contributed by atoms with Gasteiger partial charge < -0.3 is 9.84 Å². The fourth-order valence-corrected chi connectivity index (χ4v) is 3.85. The topological polar surface area (TPSA) is 63.8 Å². The van der Waals surface area contributed by atoms with E-state index in [0.29, 0.717) is 11.6 Å². The summed E-state index contributed by atoms with van der Waals surface area (Å²) < 4.78 is 44.9. The summed E-state index contributed by atoms with van der Waals surface area (Å²) in [6.45, 7) is 2.06. The molecule has 5 nitrogen and oxygen atoms in total. The highest BCUT2D eigenvalue weighted by molar-refractivity contribution is 7.09. The minimum Gasteiger partial charge on any atom is -0.332 e. The van der Waals surface area contributed by atoms with Crippen LogP contribution < -0.4 is 5.32 Å². The van der Waals surface area contributed by atoms with Gasteiger partial charge >= 0.3 is 0 Å². The van der Waals surface area contributed by atoms with Crippen molar-refractivity contribution in [1.82, 2.24) is 20.4 Å². The lowest BCUT2D eigenvalue weighted by Crippen LogP contribution is -2.28. The molecule has 0 unspecified atom stereocenters. The summed E-state index contributed by atoms with van der Waals surface area (Å²) in [7, 11) is 0.